The summed E-state index contributed by atoms with van der Waals surface area (Å²) in [5.74, 6) is 5.67. The Morgan fingerprint density at radius 3 is 2.50 bits per heavy atom. The Morgan fingerprint density at radius 1 is 1.17 bits per heavy atom. The summed E-state index contributed by atoms with van der Waals surface area (Å²) in [5.41, 5.74) is 6.17. The molecule has 3 N–H and O–H groups in total. The summed E-state index contributed by atoms with van der Waals surface area (Å²) in [5, 5.41) is 0.710. The molecule has 0 aliphatic heterocycles. The van der Waals surface area contributed by atoms with E-state index in [1.807, 2.05) is 36.4 Å². The predicted octanol–water partition coefficient (Wildman–Crippen LogP) is 3.96. The molecule has 0 bridgehead atoms. The third-order valence-corrected chi connectivity index (χ3v) is 3.99. The van der Waals surface area contributed by atoms with Gasteiger partial charge in [0.2, 0.25) is 0 Å². The van der Waals surface area contributed by atoms with Crippen LogP contribution in [0.5, 0.6) is 0 Å². The molecule has 2 nitrogen and oxygen atoms in total. The molecule has 0 aromatic heterocycles. The molecule has 1 atom stereocenters. The summed E-state index contributed by atoms with van der Waals surface area (Å²) < 4.78 is 1.09. The van der Waals surface area contributed by atoms with Crippen molar-refractivity contribution >= 4 is 27.5 Å². The van der Waals surface area contributed by atoms with E-state index in [0.29, 0.717) is 5.02 Å². The molecule has 18 heavy (non-hydrogen) atoms. The van der Waals surface area contributed by atoms with Gasteiger partial charge in [-0.3, -0.25) is 5.84 Å². The summed E-state index contributed by atoms with van der Waals surface area (Å²) in [6.07, 6.45) is 0. The molecule has 0 aliphatic rings. The van der Waals surface area contributed by atoms with Gasteiger partial charge in [-0.2, -0.15) is 0 Å². The first-order valence-corrected chi connectivity index (χ1v) is 6.76. The summed E-state index contributed by atoms with van der Waals surface area (Å²) >= 11 is 9.51. The first kappa shape index (κ1) is 13.6. The third kappa shape index (κ3) is 2.93. The lowest BCUT2D eigenvalue weighted by molar-refractivity contribution is 0.636. The van der Waals surface area contributed by atoms with E-state index in [-0.39, 0.29) is 6.04 Å². The molecular weight excluding hydrogens is 312 g/mol. The zero-order valence-corrected chi connectivity index (χ0v) is 12.3. The van der Waals surface area contributed by atoms with Crippen molar-refractivity contribution in [2.45, 2.75) is 13.0 Å². The zero-order chi connectivity index (χ0) is 13.1. The molecule has 4 heteroatoms. The minimum Gasteiger partial charge on any atom is -0.271 e. The molecule has 1 unspecified atom stereocenters. The molecule has 0 spiro atoms. The van der Waals surface area contributed by atoms with Crippen LogP contribution < -0.4 is 11.3 Å². The highest BCUT2D eigenvalue weighted by molar-refractivity contribution is 9.10. The number of hydrazine groups is 1. The van der Waals surface area contributed by atoms with Crippen molar-refractivity contribution in [2.24, 2.45) is 5.84 Å². The average molecular weight is 326 g/mol. The van der Waals surface area contributed by atoms with Crippen LogP contribution >= 0.6 is 27.5 Å². The Hall–Kier alpha value is -0.870. The maximum Gasteiger partial charge on any atom is 0.0710 e. The van der Waals surface area contributed by atoms with E-state index in [1.54, 1.807) is 0 Å². The summed E-state index contributed by atoms with van der Waals surface area (Å²) in [6.45, 7) is 2.05. The minimum atomic E-state index is -0.0597. The molecule has 0 fully saturated rings. The number of rotatable bonds is 3. The first-order valence-electron chi connectivity index (χ1n) is 5.59. The molecule has 2 aromatic carbocycles. The highest BCUT2D eigenvalue weighted by Gasteiger charge is 2.13. The van der Waals surface area contributed by atoms with Gasteiger partial charge in [-0.25, -0.2) is 5.43 Å². The lowest BCUT2D eigenvalue weighted by Crippen LogP contribution is -2.28. The largest absolute Gasteiger partial charge is 0.271 e. The Morgan fingerprint density at radius 2 is 1.89 bits per heavy atom. The number of hydrogen-bond acceptors (Lipinski definition) is 2. The molecule has 0 saturated carbocycles. The van der Waals surface area contributed by atoms with Crippen LogP contribution in [-0.4, -0.2) is 0 Å². The Kier molecular flexibility index (Phi) is 4.40. The van der Waals surface area contributed by atoms with E-state index in [0.717, 1.165) is 15.6 Å². The number of halogens is 2. The fraction of sp³-hybridized carbons (Fsp3) is 0.143. The van der Waals surface area contributed by atoms with Crippen LogP contribution in [0.4, 0.5) is 0 Å². The summed E-state index contributed by atoms with van der Waals surface area (Å²) in [6, 6.07) is 13.8. The van der Waals surface area contributed by atoms with Crippen LogP contribution in [0.3, 0.4) is 0 Å². The van der Waals surface area contributed by atoms with E-state index in [1.165, 1.54) is 5.56 Å². The molecule has 0 radical (unpaired) electrons. The van der Waals surface area contributed by atoms with Gasteiger partial charge in [0.25, 0.3) is 0 Å². The maximum atomic E-state index is 6.01. The van der Waals surface area contributed by atoms with Gasteiger partial charge in [-0.05, 0) is 41.8 Å². The van der Waals surface area contributed by atoms with Crippen molar-refractivity contribution < 1.29 is 0 Å². The molecule has 0 aliphatic carbocycles. The molecule has 0 amide bonds. The van der Waals surface area contributed by atoms with Crippen molar-refractivity contribution in [1.82, 2.24) is 5.43 Å². The van der Waals surface area contributed by atoms with Gasteiger partial charge < -0.3 is 0 Å². The van der Waals surface area contributed by atoms with Crippen LogP contribution in [0.15, 0.2) is 46.9 Å². The molecule has 2 rings (SSSR count). The highest BCUT2D eigenvalue weighted by Crippen LogP contribution is 2.26. The number of nitrogens with two attached hydrogens (primary N) is 1. The molecule has 0 heterocycles. The van der Waals surface area contributed by atoms with E-state index in [2.05, 4.69) is 34.3 Å². The van der Waals surface area contributed by atoms with Crippen molar-refractivity contribution in [3.8, 4) is 0 Å². The second kappa shape index (κ2) is 5.85. The van der Waals surface area contributed by atoms with Crippen molar-refractivity contribution in [2.75, 3.05) is 0 Å². The summed E-state index contributed by atoms with van der Waals surface area (Å²) in [7, 11) is 0. The van der Waals surface area contributed by atoms with Crippen LogP contribution in [0.2, 0.25) is 5.02 Å². The van der Waals surface area contributed by atoms with Crippen molar-refractivity contribution in [1.29, 1.82) is 0 Å². The first-order chi connectivity index (χ1) is 8.61. The zero-order valence-electron chi connectivity index (χ0n) is 9.95. The van der Waals surface area contributed by atoms with Gasteiger partial charge in [0.05, 0.1) is 6.04 Å². The normalized spacial score (nSPS) is 12.4. The standard InChI is InChI=1S/C14H14BrClN2/c1-9-7-11(5-6-13(9)15)14(18-17)10-3-2-4-12(16)8-10/h2-8,14,18H,17H2,1H3. The third-order valence-electron chi connectivity index (χ3n) is 2.86. The Bertz CT molecular complexity index is 557. The van der Waals surface area contributed by atoms with Crippen molar-refractivity contribution in [3.05, 3.63) is 68.7 Å². The van der Waals surface area contributed by atoms with Crippen LogP contribution in [0, 0.1) is 6.92 Å². The van der Waals surface area contributed by atoms with Crippen LogP contribution in [-0.2, 0) is 0 Å². The van der Waals surface area contributed by atoms with Crippen LogP contribution in [0.25, 0.3) is 0 Å². The molecular formula is C14H14BrClN2. The minimum absolute atomic E-state index is 0.0597. The average Bonchev–Trinajstić information content (AvgIpc) is 2.35. The Balaban J connectivity index is 2.42. The number of nitrogens with one attached hydrogen (secondary N) is 1. The highest BCUT2D eigenvalue weighted by atomic mass is 79.9. The van der Waals surface area contributed by atoms with E-state index in [4.69, 9.17) is 17.4 Å². The monoisotopic (exact) mass is 324 g/mol. The van der Waals surface area contributed by atoms with Crippen LogP contribution in [0.1, 0.15) is 22.7 Å². The summed E-state index contributed by atoms with van der Waals surface area (Å²) in [4.78, 5) is 0. The topological polar surface area (TPSA) is 38.0 Å². The van der Waals surface area contributed by atoms with E-state index < -0.39 is 0 Å². The number of hydrogen-bond donors (Lipinski definition) is 2. The lowest BCUT2D eigenvalue weighted by Gasteiger charge is -2.18. The molecule has 0 saturated heterocycles. The fourth-order valence-electron chi connectivity index (χ4n) is 1.92. The van der Waals surface area contributed by atoms with Crippen molar-refractivity contribution in [3.63, 3.8) is 0 Å². The maximum absolute atomic E-state index is 6.01. The van der Waals surface area contributed by atoms with Gasteiger partial charge in [-0.15, -0.1) is 0 Å². The second-order valence-electron chi connectivity index (χ2n) is 4.16. The fourth-order valence-corrected chi connectivity index (χ4v) is 2.36. The van der Waals surface area contributed by atoms with Gasteiger partial charge in [-0.1, -0.05) is 51.8 Å². The predicted molar refractivity (Wildman–Crippen MR) is 79.5 cm³/mol. The Labute approximate surface area is 120 Å². The van der Waals surface area contributed by atoms with E-state index >= 15 is 0 Å². The SMILES string of the molecule is Cc1cc(C(NN)c2cccc(Cl)c2)ccc1Br. The number of aryl methyl sites for hydroxylation is 1. The molecule has 2 aromatic rings. The van der Waals surface area contributed by atoms with E-state index in [9.17, 15) is 0 Å². The molecule has 94 valence electrons. The van der Waals surface area contributed by atoms with Gasteiger partial charge in [0, 0.05) is 9.50 Å². The van der Waals surface area contributed by atoms with Gasteiger partial charge in [0.1, 0.15) is 0 Å². The quantitative estimate of drug-likeness (QED) is 0.662. The lowest BCUT2D eigenvalue weighted by atomic mass is 9.98. The smallest absolute Gasteiger partial charge is 0.0710 e. The number of benzene rings is 2. The second-order valence-corrected chi connectivity index (χ2v) is 5.45. The van der Waals surface area contributed by atoms with Gasteiger partial charge in [0.15, 0.2) is 0 Å². The van der Waals surface area contributed by atoms with Gasteiger partial charge >= 0.3 is 0 Å².